The van der Waals surface area contributed by atoms with Crippen LogP contribution in [0.15, 0.2) is 40.9 Å². The highest BCUT2D eigenvalue weighted by molar-refractivity contribution is 9.10. The Morgan fingerprint density at radius 2 is 1.85 bits per heavy atom. The molecule has 2 aromatic carbocycles. The van der Waals surface area contributed by atoms with Crippen LogP contribution in [0.1, 0.15) is 19.4 Å². The van der Waals surface area contributed by atoms with Crippen LogP contribution in [0.4, 0.5) is 8.78 Å². The molecule has 0 radical (unpaired) electrons. The number of hydrogen-bond donors (Lipinski definition) is 1. The first-order chi connectivity index (χ1) is 9.49. The van der Waals surface area contributed by atoms with E-state index in [0.29, 0.717) is 22.1 Å². The van der Waals surface area contributed by atoms with Crippen molar-refractivity contribution in [2.24, 2.45) is 0 Å². The molecule has 0 aliphatic heterocycles. The maximum absolute atomic E-state index is 14.2. The van der Waals surface area contributed by atoms with Crippen molar-refractivity contribution in [2.75, 3.05) is 0 Å². The second kappa shape index (κ2) is 6.46. The molecule has 0 heterocycles. The predicted molar refractivity (Wildman–Crippen MR) is 81.5 cm³/mol. The summed E-state index contributed by atoms with van der Waals surface area (Å²) in [6.07, 6.45) is 0. The molecule has 0 aliphatic rings. The van der Waals surface area contributed by atoms with E-state index in [1.54, 1.807) is 24.3 Å². The highest BCUT2D eigenvalue weighted by Crippen LogP contribution is 2.30. The lowest BCUT2D eigenvalue weighted by molar-refractivity contribution is 0.581. The molecule has 0 saturated carbocycles. The molecule has 0 spiro atoms. The first kappa shape index (κ1) is 15.1. The van der Waals surface area contributed by atoms with Crippen LogP contribution in [0.25, 0.3) is 11.1 Å². The van der Waals surface area contributed by atoms with E-state index < -0.39 is 0 Å². The van der Waals surface area contributed by atoms with E-state index >= 15 is 0 Å². The van der Waals surface area contributed by atoms with Gasteiger partial charge in [0.05, 0.1) is 4.47 Å². The molecular formula is C16H16BrF2N. The number of benzene rings is 2. The van der Waals surface area contributed by atoms with Gasteiger partial charge in [0.25, 0.3) is 0 Å². The van der Waals surface area contributed by atoms with Gasteiger partial charge in [-0.2, -0.15) is 0 Å². The summed E-state index contributed by atoms with van der Waals surface area (Å²) >= 11 is 3.18. The Bertz CT molecular complexity index is 611. The minimum atomic E-state index is -0.329. The third-order valence-electron chi connectivity index (χ3n) is 3.01. The van der Waals surface area contributed by atoms with Gasteiger partial charge in [-0.3, -0.25) is 0 Å². The van der Waals surface area contributed by atoms with Crippen molar-refractivity contribution in [2.45, 2.75) is 26.4 Å². The molecule has 0 fully saturated rings. The lowest BCUT2D eigenvalue weighted by atomic mass is 9.99. The fourth-order valence-electron chi connectivity index (χ4n) is 2.00. The zero-order valence-corrected chi connectivity index (χ0v) is 13.0. The topological polar surface area (TPSA) is 12.0 Å². The van der Waals surface area contributed by atoms with Gasteiger partial charge in [-0.05, 0) is 45.3 Å². The monoisotopic (exact) mass is 339 g/mol. The van der Waals surface area contributed by atoms with E-state index in [-0.39, 0.29) is 17.7 Å². The van der Waals surface area contributed by atoms with E-state index in [0.717, 1.165) is 5.56 Å². The third-order valence-corrected chi connectivity index (χ3v) is 3.62. The molecule has 106 valence electrons. The van der Waals surface area contributed by atoms with Crippen LogP contribution in [0.2, 0.25) is 0 Å². The summed E-state index contributed by atoms with van der Waals surface area (Å²) in [5.74, 6) is -0.644. The van der Waals surface area contributed by atoms with Crippen LogP contribution in [0.5, 0.6) is 0 Å². The van der Waals surface area contributed by atoms with Crippen molar-refractivity contribution in [1.29, 1.82) is 0 Å². The predicted octanol–water partition coefficient (Wildman–Crippen LogP) is 4.89. The maximum atomic E-state index is 14.2. The van der Waals surface area contributed by atoms with E-state index in [1.165, 1.54) is 12.1 Å². The molecule has 0 amide bonds. The molecule has 1 N–H and O–H groups in total. The van der Waals surface area contributed by atoms with Crippen LogP contribution in [-0.2, 0) is 6.54 Å². The number of rotatable bonds is 4. The zero-order chi connectivity index (χ0) is 14.7. The molecule has 4 heteroatoms. The molecule has 0 unspecified atom stereocenters. The van der Waals surface area contributed by atoms with Crippen molar-refractivity contribution in [3.63, 3.8) is 0 Å². The van der Waals surface area contributed by atoms with Crippen LogP contribution >= 0.6 is 15.9 Å². The second-order valence-corrected chi connectivity index (χ2v) is 5.79. The van der Waals surface area contributed by atoms with Gasteiger partial charge in [-0.1, -0.05) is 32.0 Å². The highest BCUT2D eigenvalue weighted by Gasteiger charge is 2.13. The molecule has 1 nitrogen and oxygen atoms in total. The molecule has 0 aromatic heterocycles. The van der Waals surface area contributed by atoms with Crippen molar-refractivity contribution in [3.05, 3.63) is 58.1 Å². The third kappa shape index (κ3) is 3.44. The largest absolute Gasteiger partial charge is 0.310 e. The molecule has 2 aromatic rings. The van der Waals surface area contributed by atoms with E-state index in [9.17, 15) is 8.78 Å². The molecule has 20 heavy (non-hydrogen) atoms. The van der Waals surface area contributed by atoms with Gasteiger partial charge in [-0.25, -0.2) is 8.78 Å². The van der Waals surface area contributed by atoms with Crippen LogP contribution in [-0.4, -0.2) is 6.04 Å². The average molecular weight is 340 g/mol. The molecule has 0 atom stereocenters. The smallest absolute Gasteiger partial charge is 0.145 e. The Hall–Kier alpha value is -1.26. The zero-order valence-electron chi connectivity index (χ0n) is 11.4. The molecule has 0 saturated heterocycles. The van der Waals surface area contributed by atoms with Crippen molar-refractivity contribution in [1.82, 2.24) is 5.32 Å². The van der Waals surface area contributed by atoms with Gasteiger partial charge in [-0.15, -0.1) is 0 Å². The lowest BCUT2D eigenvalue weighted by Gasteiger charge is -2.14. The minimum Gasteiger partial charge on any atom is -0.310 e. The maximum Gasteiger partial charge on any atom is 0.145 e. The SMILES string of the molecule is CC(C)NCc1cc(F)ccc1-c1cccc(Br)c1F. The van der Waals surface area contributed by atoms with E-state index in [2.05, 4.69) is 21.2 Å². The van der Waals surface area contributed by atoms with Gasteiger partial charge < -0.3 is 5.32 Å². The second-order valence-electron chi connectivity index (χ2n) is 4.94. The standard InChI is InChI=1S/C16H16BrF2N/c1-10(2)20-9-11-8-12(18)6-7-13(11)14-4-3-5-15(17)16(14)19/h3-8,10,20H,9H2,1-2H3. The normalized spacial score (nSPS) is 11.1. The first-order valence-electron chi connectivity index (χ1n) is 6.45. The number of nitrogens with one attached hydrogen (secondary N) is 1. The van der Waals surface area contributed by atoms with Gasteiger partial charge in [0, 0.05) is 18.2 Å². The van der Waals surface area contributed by atoms with E-state index in [1.807, 2.05) is 13.8 Å². The minimum absolute atomic E-state index is 0.276. The molecular weight excluding hydrogens is 324 g/mol. The lowest BCUT2D eigenvalue weighted by Crippen LogP contribution is -2.22. The Morgan fingerprint density at radius 3 is 2.55 bits per heavy atom. The fraction of sp³-hybridized carbons (Fsp3) is 0.250. The summed E-state index contributed by atoms with van der Waals surface area (Å²) in [6, 6.07) is 9.82. The Balaban J connectivity index is 2.47. The summed E-state index contributed by atoms with van der Waals surface area (Å²) < 4.78 is 28.0. The Labute approximate surface area is 126 Å². The van der Waals surface area contributed by atoms with Crippen LogP contribution < -0.4 is 5.32 Å². The molecule has 0 aliphatic carbocycles. The summed E-state index contributed by atoms with van der Waals surface area (Å²) in [5.41, 5.74) is 1.92. The molecule has 0 bridgehead atoms. The highest BCUT2D eigenvalue weighted by atomic mass is 79.9. The van der Waals surface area contributed by atoms with Crippen molar-refractivity contribution in [3.8, 4) is 11.1 Å². The summed E-state index contributed by atoms with van der Waals surface area (Å²) in [5, 5.41) is 3.23. The van der Waals surface area contributed by atoms with Gasteiger partial charge in [0.15, 0.2) is 0 Å². The quantitative estimate of drug-likeness (QED) is 0.835. The number of hydrogen-bond acceptors (Lipinski definition) is 1. The van der Waals surface area contributed by atoms with E-state index in [4.69, 9.17) is 0 Å². The summed E-state index contributed by atoms with van der Waals surface area (Å²) in [7, 11) is 0. The average Bonchev–Trinajstić information content (AvgIpc) is 2.40. The van der Waals surface area contributed by atoms with Crippen LogP contribution in [0.3, 0.4) is 0 Å². The Kier molecular flexibility index (Phi) is 4.89. The fourth-order valence-corrected chi connectivity index (χ4v) is 2.36. The van der Waals surface area contributed by atoms with Gasteiger partial charge in [0.2, 0.25) is 0 Å². The number of halogens is 3. The van der Waals surface area contributed by atoms with Gasteiger partial charge in [0.1, 0.15) is 11.6 Å². The molecule has 2 rings (SSSR count). The van der Waals surface area contributed by atoms with Crippen molar-refractivity contribution >= 4 is 15.9 Å². The first-order valence-corrected chi connectivity index (χ1v) is 7.24. The van der Waals surface area contributed by atoms with Gasteiger partial charge >= 0.3 is 0 Å². The van der Waals surface area contributed by atoms with Crippen molar-refractivity contribution < 1.29 is 8.78 Å². The Morgan fingerprint density at radius 1 is 1.10 bits per heavy atom. The van der Waals surface area contributed by atoms with Crippen LogP contribution in [0, 0.1) is 11.6 Å². The summed E-state index contributed by atoms with van der Waals surface area (Å²) in [4.78, 5) is 0. The summed E-state index contributed by atoms with van der Waals surface area (Å²) in [6.45, 7) is 4.52.